The van der Waals surface area contributed by atoms with Crippen molar-refractivity contribution in [2.24, 2.45) is 10.9 Å². The predicted molar refractivity (Wildman–Crippen MR) is 85.3 cm³/mol. The number of nitrogens with zero attached hydrogens (tertiary/aromatic N) is 2. The number of nitrogens with two attached hydrogens (primary N) is 1. The predicted octanol–water partition coefficient (Wildman–Crippen LogP) is 2.58. The van der Waals surface area contributed by atoms with Gasteiger partial charge in [-0.2, -0.15) is 11.8 Å². The SMILES string of the molecule is CSC1(/C(N)=N/O)CCN(Cc2cc(F)ccc2C)CC1. The minimum Gasteiger partial charge on any atom is -0.409 e. The summed E-state index contributed by atoms with van der Waals surface area (Å²) in [5.74, 6) is 0.110. The minimum absolute atomic E-state index is 0.192. The minimum atomic E-state index is -0.276. The van der Waals surface area contributed by atoms with Crippen LogP contribution in [0.1, 0.15) is 24.0 Å². The normalized spacial score (nSPS) is 19.7. The molecule has 6 heteroatoms. The molecule has 1 heterocycles. The van der Waals surface area contributed by atoms with E-state index in [1.807, 2.05) is 19.2 Å². The third-order valence-corrected chi connectivity index (χ3v) is 5.73. The Bertz CT molecular complexity index is 528. The van der Waals surface area contributed by atoms with Crippen molar-refractivity contribution in [2.75, 3.05) is 19.3 Å². The summed E-state index contributed by atoms with van der Waals surface area (Å²) in [4.78, 5) is 2.29. The number of benzene rings is 1. The molecular weight excluding hydrogens is 289 g/mol. The number of piperidine rings is 1. The van der Waals surface area contributed by atoms with Crippen molar-refractivity contribution in [3.8, 4) is 0 Å². The highest BCUT2D eigenvalue weighted by molar-refractivity contribution is 8.00. The van der Waals surface area contributed by atoms with Gasteiger partial charge in [0.15, 0.2) is 5.84 Å². The monoisotopic (exact) mass is 311 g/mol. The molecule has 0 spiro atoms. The van der Waals surface area contributed by atoms with Gasteiger partial charge in [0.25, 0.3) is 0 Å². The van der Waals surface area contributed by atoms with Crippen molar-refractivity contribution in [3.63, 3.8) is 0 Å². The Kier molecular flexibility index (Phi) is 5.11. The fraction of sp³-hybridized carbons (Fsp3) is 0.533. The summed E-state index contributed by atoms with van der Waals surface area (Å²) in [5.41, 5.74) is 7.98. The lowest BCUT2D eigenvalue weighted by Crippen LogP contribution is -2.49. The highest BCUT2D eigenvalue weighted by Gasteiger charge is 2.38. The topological polar surface area (TPSA) is 61.9 Å². The molecule has 21 heavy (non-hydrogen) atoms. The maximum atomic E-state index is 13.3. The summed E-state index contributed by atoms with van der Waals surface area (Å²) in [6, 6.07) is 4.92. The van der Waals surface area contributed by atoms with E-state index in [1.165, 1.54) is 6.07 Å². The molecule has 0 bridgehead atoms. The van der Waals surface area contributed by atoms with E-state index in [-0.39, 0.29) is 10.6 Å². The van der Waals surface area contributed by atoms with Crippen LogP contribution in [0.3, 0.4) is 0 Å². The fourth-order valence-electron chi connectivity index (χ4n) is 2.78. The molecule has 116 valence electrons. The Morgan fingerprint density at radius 1 is 1.48 bits per heavy atom. The van der Waals surface area contributed by atoms with Crippen LogP contribution in [0.5, 0.6) is 0 Å². The van der Waals surface area contributed by atoms with Gasteiger partial charge in [0.1, 0.15) is 5.82 Å². The van der Waals surface area contributed by atoms with E-state index >= 15 is 0 Å². The number of rotatable bonds is 4. The molecule has 0 atom stereocenters. The Hall–Kier alpha value is -1.27. The maximum absolute atomic E-state index is 13.3. The molecule has 0 radical (unpaired) electrons. The second-order valence-corrected chi connectivity index (χ2v) is 6.72. The quantitative estimate of drug-likeness (QED) is 0.388. The van der Waals surface area contributed by atoms with Gasteiger partial charge in [-0.1, -0.05) is 11.2 Å². The number of hydrogen-bond acceptors (Lipinski definition) is 4. The molecule has 0 aromatic heterocycles. The molecule has 4 nitrogen and oxygen atoms in total. The van der Waals surface area contributed by atoms with E-state index < -0.39 is 0 Å². The molecule has 2 rings (SSSR count). The lowest BCUT2D eigenvalue weighted by Gasteiger charge is -2.39. The van der Waals surface area contributed by atoms with Gasteiger partial charge in [-0.25, -0.2) is 4.39 Å². The van der Waals surface area contributed by atoms with Crippen molar-refractivity contribution >= 4 is 17.6 Å². The standard InChI is InChI=1S/C15H22FN3OS/c1-11-3-4-13(16)9-12(11)10-19-7-5-15(21-2,6-8-19)14(17)18-20/h3-4,9,20H,5-8,10H2,1-2H3,(H2,17,18). The summed E-state index contributed by atoms with van der Waals surface area (Å²) >= 11 is 1.64. The Morgan fingerprint density at radius 2 is 2.14 bits per heavy atom. The van der Waals surface area contributed by atoms with Crippen LogP contribution in [0.15, 0.2) is 23.4 Å². The molecule has 0 aliphatic carbocycles. The van der Waals surface area contributed by atoms with Crippen molar-refractivity contribution in [1.82, 2.24) is 4.90 Å². The summed E-state index contributed by atoms with van der Waals surface area (Å²) in [7, 11) is 0. The van der Waals surface area contributed by atoms with E-state index in [9.17, 15) is 4.39 Å². The van der Waals surface area contributed by atoms with Gasteiger partial charge in [-0.05, 0) is 49.3 Å². The molecule has 1 aliphatic rings. The van der Waals surface area contributed by atoms with Gasteiger partial charge in [0.2, 0.25) is 0 Å². The average Bonchev–Trinajstić information content (AvgIpc) is 2.51. The average molecular weight is 311 g/mol. The first-order valence-corrected chi connectivity index (χ1v) is 8.24. The second kappa shape index (κ2) is 6.66. The Morgan fingerprint density at radius 3 is 2.71 bits per heavy atom. The molecule has 1 saturated heterocycles. The van der Waals surface area contributed by atoms with Crippen LogP contribution < -0.4 is 5.73 Å². The molecule has 1 aromatic carbocycles. The molecule has 0 amide bonds. The number of amidine groups is 1. The largest absolute Gasteiger partial charge is 0.409 e. The number of oxime groups is 1. The first kappa shape index (κ1) is 16.1. The molecular formula is C15H22FN3OS. The van der Waals surface area contributed by atoms with Gasteiger partial charge in [-0.15, -0.1) is 0 Å². The maximum Gasteiger partial charge on any atom is 0.155 e. The molecule has 0 saturated carbocycles. The lowest BCUT2D eigenvalue weighted by atomic mass is 9.94. The first-order valence-electron chi connectivity index (χ1n) is 7.01. The Labute approximate surface area is 129 Å². The van der Waals surface area contributed by atoms with Gasteiger partial charge in [-0.3, -0.25) is 4.90 Å². The van der Waals surface area contributed by atoms with Gasteiger partial charge in [0, 0.05) is 19.6 Å². The summed E-state index contributed by atoms with van der Waals surface area (Å²) < 4.78 is 13.1. The fourth-order valence-corrected chi connectivity index (χ4v) is 3.62. The van der Waals surface area contributed by atoms with Crippen molar-refractivity contribution in [1.29, 1.82) is 0 Å². The third-order valence-electron chi connectivity index (χ3n) is 4.33. The van der Waals surface area contributed by atoms with Crippen LogP contribution in [-0.4, -0.2) is 40.0 Å². The van der Waals surface area contributed by atoms with Crippen molar-refractivity contribution in [3.05, 3.63) is 35.1 Å². The highest BCUT2D eigenvalue weighted by Crippen LogP contribution is 2.35. The number of halogens is 1. The highest BCUT2D eigenvalue weighted by atomic mass is 32.2. The van der Waals surface area contributed by atoms with Crippen LogP contribution in [0.4, 0.5) is 4.39 Å². The zero-order chi connectivity index (χ0) is 15.5. The van der Waals surface area contributed by atoms with Gasteiger partial charge < -0.3 is 10.9 Å². The van der Waals surface area contributed by atoms with Crippen LogP contribution in [-0.2, 0) is 6.54 Å². The number of hydrogen-bond donors (Lipinski definition) is 2. The number of aryl methyl sites for hydroxylation is 1. The molecule has 1 fully saturated rings. The second-order valence-electron chi connectivity index (χ2n) is 5.53. The molecule has 0 unspecified atom stereocenters. The van der Waals surface area contributed by atoms with Crippen LogP contribution in [0, 0.1) is 12.7 Å². The molecule has 1 aromatic rings. The zero-order valence-electron chi connectivity index (χ0n) is 12.5. The van der Waals surface area contributed by atoms with Crippen molar-refractivity contribution < 1.29 is 9.60 Å². The van der Waals surface area contributed by atoms with Crippen molar-refractivity contribution in [2.45, 2.75) is 31.1 Å². The van der Waals surface area contributed by atoms with Gasteiger partial charge in [0.05, 0.1) is 4.75 Å². The van der Waals surface area contributed by atoms with E-state index in [0.29, 0.717) is 5.84 Å². The van der Waals surface area contributed by atoms with Crippen LogP contribution in [0.25, 0.3) is 0 Å². The van der Waals surface area contributed by atoms with E-state index in [4.69, 9.17) is 10.9 Å². The summed E-state index contributed by atoms with van der Waals surface area (Å²) in [5, 5.41) is 12.1. The summed E-state index contributed by atoms with van der Waals surface area (Å²) in [6.45, 7) is 4.45. The van der Waals surface area contributed by atoms with Gasteiger partial charge >= 0.3 is 0 Å². The molecule has 3 N–H and O–H groups in total. The summed E-state index contributed by atoms with van der Waals surface area (Å²) in [6.07, 6.45) is 3.65. The molecule has 1 aliphatic heterocycles. The smallest absolute Gasteiger partial charge is 0.155 e. The number of thioether (sulfide) groups is 1. The number of likely N-dealkylation sites (tertiary alicyclic amines) is 1. The third kappa shape index (κ3) is 3.49. The van der Waals surface area contributed by atoms with Crippen LogP contribution in [0.2, 0.25) is 0 Å². The first-order chi connectivity index (χ1) is 10.0. The van der Waals surface area contributed by atoms with E-state index in [0.717, 1.165) is 43.6 Å². The zero-order valence-corrected chi connectivity index (χ0v) is 13.3. The lowest BCUT2D eigenvalue weighted by molar-refractivity contribution is 0.209. The van der Waals surface area contributed by atoms with E-state index in [2.05, 4.69) is 10.1 Å². The van der Waals surface area contributed by atoms with Crippen LogP contribution >= 0.6 is 11.8 Å². The van der Waals surface area contributed by atoms with E-state index in [1.54, 1.807) is 17.8 Å². The Balaban J connectivity index is 2.03.